The summed E-state index contributed by atoms with van der Waals surface area (Å²) < 4.78 is 48.2. The van der Waals surface area contributed by atoms with Crippen molar-refractivity contribution in [3.05, 3.63) is 71.1 Å². The van der Waals surface area contributed by atoms with Gasteiger partial charge in [0.25, 0.3) is 0 Å². The van der Waals surface area contributed by atoms with Gasteiger partial charge in [-0.1, -0.05) is 30.3 Å². The van der Waals surface area contributed by atoms with Crippen molar-refractivity contribution in [1.29, 1.82) is 0 Å². The minimum absolute atomic E-state index is 0.0390. The Morgan fingerprint density at radius 2 is 1.85 bits per heavy atom. The first-order valence-corrected chi connectivity index (χ1v) is 7.50. The van der Waals surface area contributed by atoms with E-state index in [4.69, 9.17) is 9.47 Å². The summed E-state index contributed by atoms with van der Waals surface area (Å²) in [6, 6.07) is 10.3. The van der Waals surface area contributed by atoms with Gasteiger partial charge in [0.1, 0.15) is 12.3 Å². The van der Waals surface area contributed by atoms with E-state index in [1.54, 1.807) is 24.3 Å². The second kappa shape index (κ2) is 8.37. The largest absolute Gasteiger partial charge is 0.504 e. The summed E-state index contributed by atoms with van der Waals surface area (Å²) in [5.41, 5.74) is 0.289. The van der Waals surface area contributed by atoms with Crippen LogP contribution in [0.25, 0.3) is 0 Å². The van der Waals surface area contributed by atoms with Crippen LogP contribution in [-0.4, -0.2) is 23.2 Å². The van der Waals surface area contributed by atoms with Crippen LogP contribution in [0.3, 0.4) is 0 Å². The zero-order valence-electron chi connectivity index (χ0n) is 13.8. The van der Waals surface area contributed by atoms with Gasteiger partial charge in [0.05, 0.1) is 18.9 Å². The summed E-state index contributed by atoms with van der Waals surface area (Å²) in [7, 11) is 1.34. The molecule has 26 heavy (non-hydrogen) atoms. The van der Waals surface area contributed by atoms with E-state index >= 15 is 0 Å². The van der Waals surface area contributed by atoms with Crippen molar-refractivity contribution in [3.8, 4) is 5.88 Å². The molecule has 0 bridgehead atoms. The first kappa shape index (κ1) is 19.3. The molecule has 8 heteroatoms. The molecular weight excluding hydrogens is 351 g/mol. The summed E-state index contributed by atoms with van der Waals surface area (Å²) in [6.45, 7) is -0.0512. The second-order valence-corrected chi connectivity index (χ2v) is 5.28. The van der Waals surface area contributed by atoms with Gasteiger partial charge >= 0.3 is 12.1 Å². The molecule has 1 aromatic carbocycles. The van der Waals surface area contributed by atoms with Crippen LogP contribution in [0.4, 0.5) is 13.2 Å². The van der Waals surface area contributed by atoms with Crippen LogP contribution in [0, 0.1) is 0 Å². The molecule has 0 aliphatic heterocycles. The van der Waals surface area contributed by atoms with E-state index in [1.165, 1.54) is 19.2 Å². The molecule has 0 saturated heterocycles. The quantitative estimate of drug-likeness (QED) is 0.595. The van der Waals surface area contributed by atoms with Crippen LogP contribution < -0.4 is 4.74 Å². The van der Waals surface area contributed by atoms with Crippen molar-refractivity contribution in [3.63, 3.8) is 0 Å². The summed E-state index contributed by atoms with van der Waals surface area (Å²) in [6.07, 6.45) is -3.34. The zero-order valence-corrected chi connectivity index (χ0v) is 13.8. The number of rotatable bonds is 7. The Kier molecular flexibility index (Phi) is 6.21. The van der Waals surface area contributed by atoms with Gasteiger partial charge in [-0.3, -0.25) is 0 Å². The Morgan fingerprint density at radius 3 is 2.46 bits per heavy atom. The van der Waals surface area contributed by atoms with Gasteiger partial charge in [0.15, 0.2) is 0 Å². The number of nitrogens with zero attached hydrogens (tertiary/aromatic N) is 1. The molecule has 1 N–H and O–H groups in total. The number of benzene rings is 1. The maximum absolute atomic E-state index is 12.7. The van der Waals surface area contributed by atoms with E-state index in [2.05, 4.69) is 4.98 Å². The number of hydrogen-bond donors (Lipinski definition) is 1. The Labute approximate surface area is 147 Å². The van der Waals surface area contributed by atoms with Gasteiger partial charge in [0, 0.05) is 12.5 Å². The van der Waals surface area contributed by atoms with Gasteiger partial charge in [-0.05, 0) is 17.2 Å². The number of methoxy groups -OCH3 is 1. The van der Waals surface area contributed by atoms with Crippen molar-refractivity contribution >= 4 is 5.97 Å². The highest BCUT2D eigenvalue weighted by molar-refractivity contribution is 5.86. The molecule has 0 amide bonds. The number of aromatic nitrogens is 1. The van der Waals surface area contributed by atoms with Crippen molar-refractivity contribution < 1.29 is 32.5 Å². The fraction of sp³-hybridized carbons (Fsp3) is 0.222. The van der Waals surface area contributed by atoms with Crippen molar-refractivity contribution in [2.45, 2.75) is 19.2 Å². The van der Waals surface area contributed by atoms with E-state index in [0.717, 1.165) is 12.3 Å². The van der Waals surface area contributed by atoms with E-state index in [-0.39, 0.29) is 24.5 Å². The molecule has 2 rings (SSSR count). The van der Waals surface area contributed by atoms with E-state index in [9.17, 15) is 23.1 Å². The van der Waals surface area contributed by atoms with Crippen LogP contribution >= 0.6 is 0 Å². The molecule has 0 radical (unpaired) electrons. The fourth-order valence-corrected chi connectivity index (χ4v) is 2.19. The van der Waals surface area contributed by atoms with Crippen molar-refractivity contribution in [1.82, 2.24) is 4.98 Å². The van der Waals surface area contributed by atoms with Crippen LogP contribution in [-0.2, 0) is 28.7 Å². The highest BCUT2D eigenvalue weighted by Gasteiger charge is 2.32. The number of pyridine rings is 1. The monoisotopic (exact) mass is 367 g/mol. The molecule has 0 aliphatic carbocycles. The third-order valence-electron chi connectivity index (χ3n) is 3.42. The fourth-order valence-electron chi connectivity index (χ4n) is 2.19. The lowest BCUT2D eigenvalue weighted by Crippen LogP contribution is -2.10. The number of alkyl halides is 3. The molecule has 5 nitrogen and oxygen atoms in total. The maximum Gasteiger partial charge on any atom is 0.433 e. The molecule has 138 valence electrons. The smallest absolute Gasteiger partial charge is 0.433 e. The Bertz CT molecular complexity index is 803. The Balaban J connectivity index is 2.16. The van der Waals surface area contributed by atoms with Gasteiger partial charge in [-0.2, -0.15) is 13.2 Å². The summed E-state index contributed by atoms with van der Waals surface area (Å²) in [4.78, 5) is 14.7. The van der Waals surface area contributed by atoms with Crippen molar-refractivity contribution in [2.75, 3.05) is 7.11 Å². The molecule has 0 atom stereocenters. The first-order valence-electron chi connectivity index (χ1n) is 7.50. The SMILES string of the molecule is COC=C(Cc1ccccc1COc1cccc(C(F)(F)F)n1)C(=O)O. The lowest BCUT2D eigenvalue weighted by atomic mass is 10.0. The Morgan fingerprint density at radius 1 is 1.15 bits per heavy atom. The van der Waals surface area contributed by atoms with Crippen LogP contribution in [0.15, 0.2) is 54.3 Å². The number of aliphatic carboxylic acids is 1. The third-order valence-corrected chi connectivity index (χ3v) is 3.42. The van der Waals surface area contributed by atoms with Gasteiger partial charge in [-0.25, -0.2) is 9.78 Å². The number of carboxylic acid groups (broad SMARTS) is 1. The standard InChI is InChI=1S/C18H16F3NO4/c1-25-10-14(17(23)24)9-12-5-2-3-6-13(12)11-26-16-8-4-7-15(22-16)18(19,20)21/h2-8,10H,9,11H2,1H3,(H,23,24). The molecule has 0 fully saturated rings. The minimum atomic E-state index is -4.56. The summed E-state index contributed by atoms with van der Waals surface area (Å²) >= 11 is 0. The third kappa shape index (κ3) is 5.23. The number of halogens is 3. The van der Waals surface area contributed by atoms with Gasteiger partial charge < -0.3 is 14.6 Å². The number of carboxylic acids is 1. The predicted octanol–water partition coefficient (Wildman–Crippen LogP) is 3.84. The average molecular weight is 367 g/mol. The number of carbonyl (C=O) groups is 1. The molecule has 1 heterocycles. The lowest BCUT2D eigenvalue weighted by molar-refractivity contribution is -0.141. The average Bonchev–Trinajstić information content (AvgIpc) is 2.60. The van der Waals surface area contributed by atoms with E-state index < -0.39 is 17.8 Å². The maximum atomic E-state index is 12.7. The molecular formula is C18H16F3NO4. The van der Waals surface area contributed by atoms with Crippen LogP contribution in [0.1, 0.15) is 16.8 Å². The number of hydrogen-bond acceptors (Lipinski definition) is 4. The predicted molar refractivity (Wildman–Crippen MR) is 86.4 cm³/mol. The van der Waals surface area contributed by atoms with Crippen molar-refractivity contribution in [2.24, 2.45) is 0 Å². The molecule has 0 aliphatic rings. The summed E-state index contributed by atoms with van der Waals surface area (Å²) in [5, 5.41) is 9.18. The second-order valence-electron chi connectivity index (χ2n) is 5.28. The Hall–Kier alpha value is -3.03. The highest BCUT2D eigenvalue weighted by atomic mass is 19.4. The van der Waals surface area contributed by atoms with E-state index in [1.807, 2.05) is 0 Å². The van der Waals surface area contributed by atoms with Crippen LogP contribution in [0.2, 0.25) is 0 Å². The van der Waals surface area contributed by atoms with Gasteiger partial charge in [0.2, 0.25) is 5.88 Å². The van der Waals surface area contributed by atoms with Gasteiger partial charge in [-0.15, -0.1) is 0 Å². The minimum Gasteiger partial charge on any atom is -0.504 e. The molecule has 0 unspecified atom stereocenters. The molecule has 2 aromatic rings. The molecule has 1 aromatic heterocycles. The van der Waals surface area contributed by atoms with Crippen LogP contribution in [0.5, 0.6) is 5.88 Å². The summed E-state index contributed by atoms with van der Waals surface area (Å²) in [5.74, 6) is -1.29. The topological polar surface area (TPSA) is 68.7 Å². The zero-order chi connectivity index (χ0) is 19.2. The highest BCUT2D eigenvalue weighted by Crippen LogP contribution is 2.28. The number of ether oxygens (including phenoxy) is 2. The lowest BCUT2D eigenvalue weighted by Gasteiger charge is -2.12. The van der Waals surface area contributed by atoms with E-state index in [0.29, 0.717) is 11.1 Å². The molecule has 0 saturated carbocycles. The normalized spacial score (nSPS) is 11.9. The molecule has 0 spiro atoms. The first-order chi connectivity index (χ1) is 12.3.